The van der Waals surface area contributed by atoms with Crippen LogP contribution in [-0.2, 0) is 6.54 Å². The van der Waals surface area contributed by atoms with E-state index in [1.807, 2.05) is 24.3 Å². The van der Waals surface area contributed by atoms with Crippen molar-refractivity contribution in [2.75, 3.05) is 18.9 Å². The van der Waals surface area contributed by atoms with E-state index in [2.05, 4.69) is 15.6 Å². The number of anilines is 1. The predicted molar refractivity (Wildman–Crippen MR) is 120 cm³/mol. The maximum absolute atomic E-state index is 14.4. The molecule has 0 amide bonds. The van der Waals surface area contributed by atoms with Gasteiger partial charge in [0.25, 0.3) is 0 Å². The molecule has 4 nitrogen and oxygen atoms in total. The summed E-state index contributed by atoms with van der Waals surface area (Å²) in [5, 5.41) is 6.28. The Labute approximate surface area is 189 Å². The lowest BCUT2D eigenvalue weighted by atomic mass is 9.95. The highest BCUT2D eigenvalue weighted by atomic mass is 35.5. The van der Waals surface area contributed by atoms with Gasteiger partial charge in [-0.1, -0.05) is 35.3 Å². The number of alkyl halides is 1. The van der Waals surface area contributed by atoms with Crippen LogP contribution in [0.15, 0.2) is 42.6 Å². The van der Waals surface area contributed by atoms with Gasteiger partial charge in [-0.2, -0.15) is 0 Å². The summed E-state index contributed by atoms with van der Waals surface area (Å²) >= 11 is 12.4. The van der Waals surface area contributed by atoms with Crippen LogP contribution < -0.4 is 15.4 Å². The number of ether oxygens (including phenoxy) is 1. The third kappa shape index (κ3) is 4.33. The molecule has 2 unspecified atom stereocenters. The lowest BCUT2D eigenvalue weighted by molar-refractivity contribution is 0.227. The van der Waals surface area contributed by atoms with Crippen LogP contribution in [0.3, 0.4) is 0 Å². The Kier molecular flexibility index (Phi) is 6.32. The summed E-state index contributed by atoms with van der Waals surface area (Å²) in [6.45, 7) is 2.68. The summed E-state index contributed by atoms with van der Waals surface area (Å²) < 4.78 is 34.4. The van der Waals surface area contributed by atoms with Crippen molar-refractivity contribution in [3.8, 4) is 16.9 Å². The zero-order chi connectivity index (χ0) is 22.1. The molecule has 1 aliphatic heterocycles. The normalized spacial score (nSPS) is 16.5. The van der Waals surface area contributed by atoms with Crippen molar-refractivity contribution in [3.05, 3.63) is 75.1 Å². The molecule has 0 spiro atoms. The Morgan fingerprint density at radius 1 is 1.19 bits per heavy atom. The highest BCUT2D eigenvalue weighted by Gasteiger charge is 2.22. The first kappa shape index (κ1) is 21.8. The van der Waals surface area contributed by atoms with E-state index in [9.17, 15) is 8.78 Å². The fourth-order valence-electron chi connectivity index (χ4n) is 3.72. The summed E-state index contributed by atoms with van der Waals surface area (Å²) in [6, 6.07) is 10.2. The van der Waals surface area contributed by atoms with E-state index in [1.54, 1.807) is 20.2 Å². The molecular weight excluding hydrogens is 443 g/mol. The van der Waals surface area contributed by atoms with E-state index >= 15 is 0 Å². The molecule has 0 saturated heterocycles. The van der Waals surface area contributed by atoms with Gasteiger partial charge in [-0.25, -0.2) is 13.8 Å². The van der Waals surface area contributed by atoms with Crippen molar-refractivity contribution >= 4 is 29.0 Å². The summed E-state index contributed by atoms with van der Waals surface area (Å²) in [6.07, 6.45) is 0.00702. The molecule has 0 aliphatic carbocycles. The molecule has 2 N–H and O–H groups in total. The van der Waals surface area contributed by atoms with Crippen LogP contribution in [-0.4, -0.2) is 18.6 Å². The van der Waals surface area contributed by atoms with Gasteiger partial charge in [0.1, 0.15) is 18.1 Å². The number of halogens is 4. The molecule has 2 atom stereocenters. The quantitative estimate of drug-likeness (QED) is 0.424. The number of aromatic nitrogens is 1. The van der Waals surface area contributed by atoms with Crippen LogP contribution in [0, 0.1) is 5.82 Å². The van der Waals surface area contributed by atoms with Crippen LogP contribution in [0.2, 0.25) is 10.0 Å². The Balaban J connectivity index is 1.69. The van der Waals surface area contributed by atoms with E-state index in [0.29, 0.717) is 40.8 Å². The van der Waals surface area contributed by atoms with Crippen molar-refractivity contribution in [2.24, 2.45) is 0 Å². The average Bonchev–Trinajstić information content (AvgIpc) is 2.76. The van der Waals surface area contributed by atoms with Gasteiger partial charge in [0.15, 0.2) is 11.6 Å². The van der Waals surface area contributed by atoms with Crippen LogP contribution in [0.25, 0.3) is 11.1 Å². The fraction of sp³-hybridized carbons (Fsp3) is 0.261. The van der Waals surface area contributed by atoms with Gasteiger partial charge < -0.3 is 15.4 Å². The lowest BCUT2D eigenvalue weighted by Gasteiger charge is -2.22. The first-order valence-corrected chi connectivity index (χ1v) is 10.6. The van der Waals surface area contributed by atoms with E-state index in [0.717, 1.165) is 16.7 Å². The zero-order valence-corrected chi connectivity index (χ0v) is 18.5. The third-order valence-corrected chi connectivity index (χ3v) is 6.05. The fourth-order valence-corrected chi connectivity index (χ4v) is 4.39. The first-order chi connectivity index (χ1) is 14.9. The van der Waals surface area contributed by atoms with Crippen molar-refractivity contribution in [1.29, 1.82) is 0 Å². The van der Waals surface area contributed by atoms with E-state index in [-0.39, 0.29) is 5.02 Å². The van der Waals surface area contributed by atoms with Crippen LogP contribution in [0.1, 0.15) is 35.9 Å². The highest BCUT2D eigenvalue weighted by Crippen LogP contribution is 2.38. The smallest absolute Gasteiger partial charge is 0.168 e. The van der Waals surface area contributed by atoms with Gasteiger partial charge in [-0.05, 0) is 47.9 Å². The summed E-state index contributed by atoms with van der Waals surface area (Å²) in [5.74, 6) is 0.381. The Morgan fingerprint density at radius 2 is 2.00 bits per heavy atom. The van der Waals surface area contributed by atoms with Crippen LogP contribution >= 0.6 is 23.2 Å². The number of benzene rings is 2. The second-order valence-electron chi connectivity index (χ2n) is 7.35. The molecule has 0 radical (unpaired) electrons. The number of pyridine rings is 1. The Bertz CT molecular complexity index is 1130. The van der Waals surface area contributed by atoms with Gasteiger partial charge in [0, 0.05) is 42.5 Å². The lowest BCUT2D eigenvalue weighted by Crippen LogP contribution is -2.25. The maximum Gasteiger partial charge on any atom is 0.168 e. The van der Waals surface area contributed by atoms with E-state index in [4.69, 9.17) is 27.9 Å². The van der Waals surface area contributed by atoms with E-state index in [1.165, 1.54) is 12.1 Å². The topological polar surface area (TPSA) is 46.2 Å². The SMILES string of the molecule is CNc1ncc(-c2ccc3c(c2)C(F)CNC3)cc1OC(C)c1c(Cl)ccc(F)c1Cl. The molecular formula is C23H21Cl2F2N3O. The number of rotatable bonds is 5. The number of nitrogens with zero attached hydrogens (tertiary/aromatic N) is 1. The molecule has 4 rings (SSSR count). The summed E-state index contributed by atoms with van der Waals surface area (Å²) in [4.78, 5) is 4.43. The van der Waals surface area contributed by atoms with Gasteiger partial charge >= 0.3 is 0 Å². The maximum atomic E-state index is 14.4. The molecule has 3 aromatic rings. The summed E-state index contributed by atoms with van der Waals surface area (Å²) in [5.41, 5.74) is 3.59. The molecule has 2 heterocycles. The number of fused-ring (bicyclic) bond motifs is 1. The van der Waals surface area contributed by atoms with Gasteiger partial charge in [-0.3, -0.25) is 0 Å². The second kappa shape index (κ2) is 8.99. The average molecular weight is 464 g/mol. The largest absolute Gasteiger partial charge is 0.482 e. The first-order valence-electron chi connectivity index (χ1n) is 9.85. The molecule has 0 saturated carbocycles. The predicted octanol–water partition coefficient (Wildman–Crippen LogP) is 6.49. The Morgan fingerprint density at radius 3 is 2.77 bits per heavy atom. The number of hydrogen-bond donors (Lipinski definition) is 2. The van der Waals surface area contributed by atoms with Crippen LogP contribution in [0.5, 0.6) is 5.75 Å². The standard InChI is InChI=1S/C23H21Cl2F2N3O/c1-12(21-17(24)5-6-18(26)22(21)25)31-20-8-15(10-30-23(20)28-2)13-3-4-14-9-29-11-19(27)16(14)7-13/h3-8,10,12,19,29H,9,11H2,1-2H3,(H,28,30). The molecule has 162 valence electrons. The monoisotopic (exact) mass is 463 g/mol. The third-order valence-electron chi connectivity index (χ3n) is 5.33. The molecule has 0 bridgehead atoms. The molecule has 8 heteroatoms. The number of nitrogens with one attached hydrogen (secondary N) is 2. The minimum Gasteiger partial charge on any atom is -0.482 e. The molecule has 31 heavy (non-hydrogen) atoms. The molecule has 1 aromatic heterocycles. The Hall–Kier alpha value is -2.41. The van der Waals surface area contributed by atoms with Crippen LogP contribution in [0.4, 0.5) is 14.6 Å². The molecule has 0 fully saturated rings. The molecule has 2 aromatic carbocycles. The van der Waals surface area contributed by atoms with Gasteiger partial charge in [-0.15, -0.1) is 0 Å². The highest BCUT2D eigenvalue weighted by molar-refractivity contribution is 6.36. The van der Waals surface area contributed by atoms with Gasteiger partial charge in [0.2, 0.25) is 0 Å². The minimum atomic E-state index is -1.05. The molecule has 1 aliphatic rings. The van der Waals surface area contributed by atoms with Crippen molar-refractivity contribution in [1.82, 2.24) is 10.3 Å². The van der Waals surface area contributed by atoms with Crippen molar-refractivity contribution < 1.29 is 13.5 Å². The summed E-state index contributed by atoms with van der Waals surface area (Å²) in [7, 11) is 1.72. The number of hydrogen-bond acceptors (Lipinski definition) is 4. The second-order valence-corrected chi connectivity index (χ2v) is 8.13. The van der Waals surface area contributed by atoms with E-state index < -0.39 is 18.1 Å². The van der Waals surface area contributed by atoms with Gasteiger partial charge in [0.05, 0.1) is 5.02 Å². The zero-order valence-electron chi connectivity index (χ0n) is 17.0. The minimum absolute atomic E-state index is 0.0765. The van der Waals surface area contributed by atoms with Crippen molar-refractivity contribution in [2.45, 2.75) is 25.7 Å². The van der Waals surface area contributed by atoms with Crippen molar-refractivity contribution in [3.63, 3.8) is 0 Å².